The summed E-state index contributed by atoms with van der Waals surface area (Å²) >= 11 is 0. The van der Waals surface area contributed by atoms with Crippen LogP contribution in [0.25, 0.3) is 10.9 Å². The second kappa shape index (κ2) is 5.68. The number of nitrogens with one attached hydrogen (secondary N) is 1. The fourth-order valence-corrected chi connectivity index (χ4v) is 2.62. The molecule has 110 valence electrons. The zero-order chi connectivity index (χ0) is 14.8. The highest BCUT2D eigenvalue weighted by Gasteiger charge is 2.15. The van der Waals surface area contributed by atoms with Gasteiger partial charge in [-0.05, 0) is 24.0 Å². The molecule has 0 fully saturated rings. The Morgan fingerprint density at radius 3 is 2.90 bits per heavy atom. The number of H-pyrrole nitrogens is 1. The maximum atomic E-state index is 5.39. The largest absolute Gasteiger partial charge is 0.339 e. The van der Waals surface area contributed by atoms with Gasteiger partial charge in [0, 0.05) is 17.7 Å². The Balaban J connectivity index is 1.74. The molecule has 0 saturated carbocycles. The van der Waals surface area contributed by atoms with Crippen LogP contribution in [0.15, 0.2) is 28.9 Å². The Morgan fingerprint density at radius 2 is 2.10 bits per heavy atom. The number of nitrogens with zero attached hydrogens (tertiary/aromatic N) is 3. The fourth-order valence-electron chi connectivity index (χ4n) is 2.62. The molecule has 5 nitrogen and oxygen atoms in total. The molecule has 2 aromatic heterocycles. The topological polar surface area (TPSA) is 67.6 Å². The van der Waals surface area contributed by atoms with Crippen LogP contribution in [0.4, 0.5) is 0 Å². The Morgan fingerprint density at radius 1 is 1.24 bits per heavy atom. The van der Waals surface area contributed by atoms with Crippen LogP contribution in [0.3, 0.4) is 0 Å². The molecule has 3 aromatic rings. The lowest BCUT2D eigenvalue weighted by molar-refractivity contribution is 0.338. The molecule has 2 heterocycles. The molecule has 0 saturated heterocycles. The van der Waals surface area contributed by atoms with Crippen molar-refractivity contribution in [1.82, 2.24) is 20.3 Å². The smallest absolute Gasteiger partial charge is 0.229 e. The highest BCUT2D eigenvalue weighted by atomic mass is 16.5. The minimum absolute atomic E-state index is 0.307. The Kier molecular flexibility index (Phi) is 3.73. The standard InChI is InChI=1S/C16H20N4O/c1-10(2)6-11(3)16-18-15(20-21-16)8-12-4-5-13-9-17-19-14(13)7-12/h4-5,7,9-11H,6,8H2,1-3H3,(H,17,19). The highest BCUT2D eigenvalue weighted by molar-refractivity contribution is 5.78. The van der Waals surface area contributed by atoms with E-state index in [2.05, 4.69) is 59.3 Å². The van der Waals surface area contributed by atoms with E-state index < -0.39 is 0 Å². The number of aromatic amines is 1. The summed E-state index contributed by atoms with van der Waals surface area (Å²) in [6.07, 6.45) is 3.55. The van der Waals surface area contributed by atoms with Gasteiger partial charge in [-0.15, -0.1) is 0 Å². The molecule has 0 radical (unpaired) electrons. The first kappa shape index (κ1) is 13.8. The zero-order valence-electron chi connectivity index (χ0n) is 12.6. The summed E-state index contributed by atoms with van der Waals surface area (Å²) in [4.78, 5) is 4.52. The van der Waals surface area contributed by atoms with Gasteiger partial charge in [-0.1, -0.05) is 38.1 Å². The van der Waals surface area contributed by atoms with Crippen LogP contribution in [0.2, 0.25) is 0 Å². The monoisotopic (exact) mass is 284 g/mol. The SMILES string of the molecule is CC(C)CC(C)c1nc(Cc2ccc3cn[nH]c3c2)no1. The van der Waals surface area contributed by atoms with E-state index in [1.807, 2.05) is 6.20 Å². The van der Waals surface area contributed by atoms with Crippen LogP contribution in [0, 0.1) is 5.92 Å². The molecule has 0 spiro atoms. The van der Waals surface area contributed by atoms with Crippen molar-refractivity contribution in [3.8, 4) is 0 Å². The van der Waals surface area contributed by atoms with Crippen molar-refractivity contribution >= 4 is 10.9 Å². The first-order chi connectivity index (χ1) is 10.1. The Labute approximate surface area is 123 Å². The van der Waals surface area contributed by atoms with E-state index in [1.165, 1.54) is 0 Å². The van der Waals surface area contributed by atoms with E-state index in [-0.39, 0.29) is 0 Å². The van der Waals surface area contributed by atoms with E-state index in [0.717, 1.165) is 34.6 Å². The van der Waals surface area contributed by atoms with Crippen molar-refractivity contribution in [3.05, 3.63) is 41.7 Å². The number of rotatable bonds is 5. The molecular weight excluding hydrogens is 264 g/mol. The highest BCUT2D eigenvalue weighted by Crippen LogP contribution is 2.22. The summed E-state index contributed by atoms with van der Waals surface area (Å²) in [7, 11) is 0. The number of benzene rings is 1. The molecule has 21 heavy (non-hydrogen) atoms. The van der Waals surface area contributed by atoms with Crippen LogP contribution < -0.4 is 0 Å². The maximum Gasteiger partial charge on any atom is 0.229 e. The molecule has 1 aromatic carbocycles. The molecule has 1 N–H and O–H groups in total. The molecule has 0 aliphatic heterocycles. The van der Waals surface area contributed by atoms with Crippen molar-refractivity contribution in [2.45, 2.75) is 39.5 Å². The summed E-state index contributed by atoms with van der Waals surface area (Å²) in [5.74, 6) is 2.40. The first-order valence-corrected chi connectivity index (χ1v) is 7.36. The van der Waals surface area contributed by atoms with Crippen LogP contribution in [0.5, 0.6) is 0 Å². The summed E-state index contributed by atoms with van der Waals surface area (Å²) < 4.78 is 5.39. The van der Waals surface area contributed by atoms with Crippen molar-refractivity contribution in [2.24, 2.45) is 5.92 Å². The third kappa shape index (κ3) is 3.12. The summed E-state index contributed by atoms with van der Waals surface area (Å²) in [5.41, 5.74) is 2.18. The molecule has 0 aliphatic carbocycles. The number of hydrogen-bond donors (Lipinski definition) is 1. The molecular formula is C16H20N4O. The van der Waals surface area contributed by atoms with Crippen molar-refractivity contribution in [2.75, 3.05) is 0 Å². The van der Waals surface area contributed by atoms with E-state index in [1.54, 1.807) is 0 Å². The fraction of sp³-hybridized carbons (Fsp3) is 0.438. The van der Waals surface area contributed by atoms with E-state index in [9.17, 15) is 0 Å². The maximum absolute atomic E-state index is 5.39. The lowest BCUT2D eigenvalue weighted by Crippen LogP contribution is -1.99. The predicted octanol–water partition coefficient (Wildman–Crippen LogP) is 3.69. The van der Waals surface area contributed by atoms with Gasteiger partial charge in [0.2, 0.25) is 5.89 Å². The van der Waals surface area contributed by atoms with Gasteiger partial charge in [-0.3, -0.25) is 5.10 Å². The summed E-state index contributed by atoms with van der Waals surface area (Å²) in [6, 6.07) is 6.21. The molecule has 0 aliphatic rings. The lowest BCUT2D eigenvalue weighted by atomic mass is 9.99. The number of hydrogen-bond acceptors (Lipinski definition) is 4. The van der Waals surface area contributed by atoms with Crippen LogP contribution in [0.1, 0.15) is 50.4 Å². The molecule has 0 bridgehead atoms. The quantitative estimate of drug-likeness (QED) is 0.776. The molecule has 5 heteroatoms. The normalized spacial score (nSPS) is 13.1. The minimum Gasteiger partial charge on any atom is -0.339 e. The van der Waals surface area contributed by atoms with Crippen LogP contribution >= 0.6 is 0 Å². The second-order valence-corrected chi connectivity index (χ2v) is 6.05. The zero-order valence-corrected chi connectivity index (χ0v) is 12.6. The predicted molar refractivity (Wildman–Crippen MR) is 81.1 cm³/mol. The number of aromatic nitrogens is 4. The third-order valence-corrected chi connectivity index (χ3v) is 3.60. The summed E-state index contributed by atoms with van der Waals surface area (Å²) in [6.45, 7) is 6.54. The van der Waals surface area contributed by atoms with Gasteiger partial charge in [0.15, 0.2) is 5.82 Å². The third-order valence-electron chi connectivity index (χ3n) is 3.60. The average Bonchev–Trinajstić information content (AvgIpc) is 3.06. The van der Waals surface area contributed by atoms with Gasteiger partial charge in [0.25, 0.3) is 0 Å². The van der Waals surface area contributed by atoms with Crippen molar-refractivity contribution in [1.29, 1.82) is 0 Å². The molecule has 3 rings (SSSR count). The van der Waals surface area contributed by atoms with Crippen LogP contribution in [-0.2, 0) is 6.42 Å². The lowest BCUT2D eigenvalue weighted by Gasteiger charge is -2.08. The van der Waals surface area contributed by atoms with Crippen molar-refractivity contribution < 1.29 is 4.52 Å². The van der Waals surface area contributed by atoms with Gasteiger partial charge in [0.1, 0.15) is 0 Å². The van der Waals surface area contributed by atoms with E-state index in [4.69, 9.17) is 4.52 Å². The molecule has 1 atom stereocenters. The average molecular weight is 284 g/mol. The van der Waals surface area contributed by atoms with Gasteiger partial charge in [-0.2, -0.15) is 10.1 Å². The Hall–Kier alpha value is -2.17. The van der Waals surface area contributed by atoms with Gasteiger partial charge < -0.3 is 4.52 Å². The molecule has 1 unspecified atom stereocenters. The second-order valence-electron chi connectivity index (χ2n) is 6.05. The first-order valence-electron chi connectivity index (χ1n) is 7.36. The van der Waals surface area contributed by atoms with E-state index >= 15 is 0 Å². The number of fused-ring (bicyclic) bond motifs is 1. The molecule has 0 amide bonds. The summed E-state index contributed by atoms with van der Waals surface area (Å²) in [5, 5.41) is 12.2. The van der Waals surface area contributed by atoms with E-state index in [0.29, 0.717) is 18.3 Å². The van der Waals surface area contributed by atoms with Gasteiger partial charge in [-0.25, -0.2) is 0 Å². The van der Waals surface area contributed by atoms with Gasteiger partial charge in [0.05, 0.1) is 11.7 Å². The van der Waals surface area contributed by atoms with Crippen LogP contribution in [-0.4, -0.2) is 20.3 Å². The minimum atomic E-state index is 0.307. The van der Waals surface area contributed by atoms with Crippen molar-refractivity contribution in [3.63, 3.8) is 0 Å². The Bertz CT molecular complexity index is 729. The van der Waals surface area contributed by atoms with Gasteiger partial charge >= 0.3 is 0 Å².